The van der Waals surface area contributed by atoms with Crippen molar-refractivity contribution in [2.75, 3.05) is 11.9 Å². The first-order valence-electron chi connectivity index (χ1n) is 9.83. The zero-order chi connectivity index (χ0) is 22.6. The third-order valence-corrected chi connectivity index (χ3v) is 3.73. The lowest BCUT2D eigenvalue weighted by Crippen LogP contribution is -2.41. The Labute approximate surface area is 172 Å². The molecule has 0 aliphatic carbocycles. The van der Waals surface area contributed by atoms with Gasteiger partial charge >= 0.3 is 13.3 Å². The summed E-state index contributed by atoms with van der Waals surface area (Å²) in [7, 11) is -1.10. The topological polar surface area (TPSA) is 58.6 Å². The summed E-state index contributed by atoms with van der Waals surface area (Å²) in [6.07, 6.45) is -0.765. The quantitative estimate of drug-likeness (QED) is 0.426. The molecule has 0 atom stereocenters. The van der Waals surface area contributed by atoms with E-state index in [4.69, 9.17) is 4.65 Å². The highest BCUT2D eigenvalue weighted by atomic mass is 19.4. The molecule has 1 aromatic rings. The lowest BCUT2D eigenvalue weighted by Gasteiger charge is -2.20. The van der Waals surface area contributed by atoms with Gasteiger partial charge in [-0.3, -0.25) is 4.79 Å². The molecule has 1 aromatic carbocycles. The van der Waals surface area contributed by atoms with Crippen molar-refractivity contribution in [3.8, 4) is 0 Å². The SMILES string of the molecule is C/C=C(C(=O)Nc1ccc2c(c1)B(O)OCC2)\C(=C/C)C(F)(F)F.CC.CCC. The van der Waals surface area contributed by atoms with Crippen molar-refractivity contribution in [1.82, 2.24) is 0 Å². The maximum atomic E-state index is 13.0. The summed E-state index contributed by atoms with van der Waals surface area (Å²) in [5, 5.41) is 12.2. The molecule has 0 saturated carbocycles. The van der Waals surface area contributed by atoms with Gasteiger partial charge in [0.25, 0.3) is 5.91 Å². The number of hydrogen-bond acceptors (Lipinski definition) is 3. The van der Waals surface area contributed by atoms with E-state index >= 15 is 0 Å². The smallest absolute Gasteiger partial charge is 0.423 e. The van der Waals surface area contributed by atoms with Crippen LogP contribution in [0.5, 0.6) is 0 Å². The van der Waals surface area contributed by atoms with Gasteiger partial charge in [0.2, 0.25) is 0 Å². The Kier molecular flexibility index (Phi) is 12.3. The lowest BCUT2D eigenvalue weighted by molar-refractivity contribution is -0.115. The molecule has 1 amide bonds. The van der Waals surface area contributed by atoms with Gasteiger partial charge in [-0.25, -0.2) is 0 Å². The van der Waals surface area contributed by atoms with Gasteiger partial charge in [-0.1, -0.05) is 52.3 Å². The number of anilines is 1. The van der Waals surface area contributed by atoms with Crippen LogP contribution in [0.25, 0.3) is 0 Å². The van der Waals surface area contributed by atoms with Gasteiger partial charge in [0, 0.05) is 17.9 Å². The Hall–Kier alpha value is -2.06. The Bertz CT molecular complexity index is 716. The van der Waals surface area contributed by atoms with E-state index in [-0.39, 0.29) is 0 Å². The third kappa shape index (κ3) is 8.07. The number of halogens is 3. The molecule has 2 rings (SSSR count). The van der Waals surface area contributed by atoms with E-state index < -0.39 is 30.3 Å². The van der Waals surface area contributed by atoms with Gasteiger partial charge in [0.15, 0.2) is 0 Å². The maximum absolute atomic E-state index is 13.0. The summed E-state index contributed by atoms with van der Waals surface area (Å²) in [5.74, 6) is -0.867. The molecule has 0 radical (unpaired) electrons. The molecule has 0 bridgehead atoms. The lowest BCUT2D eigenvalue weighted by atomic mass is 9.73. The van der Waals surface area contributed by atoms with Crippen LogP contribution in [0.2, 0.25) is 0 Å². The normalized spacial score (nSPS) is 14.1. The fraction of sp³-hybridized carbons (Fsp3) is 0.476. The largest absolute Gasteiger partial charge is 0.491 e. The first-order valence-corrected chi connectivity index (χ1v) is 9.83. The number of rotatable bonds is 3. The molecule has 0 spiro atoms. The van der Waals surface area contributed by atoms with Crippen molar-refractivity contribution in [2.24, 2.45) is 0 Å². The third-order valence-electron chi connectivity index (χ3n) is 3.73. The summed E-state index contributed by atoms with van der Waals surface area (Å²) >= 11 is 0. The van der Waals surface area contributed by atoms with Gasteiger partial charge in [-0.2, -0.15) is 13.2 Å². The summed E-state index contributed by atoms with van der Waals surface area (Å²) in [6, 6.07) is 4.81. The number of allylic oxidation sites excluding steroid dienone is 2. The van der Waals surface area contributed by atoms with Crippen LogP contribution >= 0.6 is 0 Å². The molecular formula is C21H31BF3NO3. The van der Waals surface area contributed by atoms with Crippen LogP contribution < -0.4 is 10.8 Å². The molecular weight excluding hydrogens is 382 g/mol. The minimum atomic E-state index is -4.62. The maximum Gasteiger partial charge on any atom is 0.491 e. The fourth-order valence-corrected chi connectivity index (χ4v) is 2.58. The van der Waals surface area contributed by atoms with Crippen molar-refractivity contribution in [3.05, 3.63) is 47.1 Å². The van der Waals surface area contributed by atoms with E-state index in [2.05, 4.69) is 19.2 Å². The number of fused-ring (bicyclic) bond motifs is 1. The molecule has 0 fully saturated rings. The van der Waals surface area contributed by atoms with Crippen LogP contribution in [-0.2, 0) is 15.9 Å². The minimum Gasteiger partial charge on any atom is -0.423 e. The summed E-state index contributed by atoms with van der Waals surface area (Å²) in [6.45, 7) is 11.2. The Balaban J connectivity index is 0.00000143. The highest BCUT2D eigenvalue weighted by molar-refractivity contribution is 6.61. The van der Waals surface area contributed by atoms with E-state index in [1.807, 2.05) is 13.8 Å². The van der Waals surface area contributed by atoms with E-state index in [0.717, 1.165) is 17.7 Å². The van der Waals surface area contributed by atoms with Gasteiger partial charge in [-0.15, -0.1) is 0 Å². The number of hydrogen-bond donors (Lipinski definition) is 2. The fourth-order valence-electron chi connectivity index (χ4n) is 2.58. The van der Waals surface area contributed by atoms with E-state index in [1.165, 1.54) is 26.3 Å². The van der Waals surface area contributed by atoms with Crippen LogP contribution in [0.1, 0.15) is 53.5 Å². The molecule has 1 heterocycles. The molecule has 162 valence electrons. The number of amides is 1. The highest BCUT2D eigenvalue weighted by Crippen LogP contribution is 2.31. The van der Waals surface area contributed by atoms with Crippen molar-refractivity contribution in [1.29, 1.82) is 0 Å². The highest BCUT2D eigenvalue weighted by Gasteiger charge is 2.37. The predicted octanol–water partition coefficient (Wildman–Crippen LogP) is 4.78. The average molecular weight is 413 g/mol. The van der Waals surface area contributed by atoms with Crippen molar-refractivity contribution < 1.29 is 27.6 Å². The first kappa shape index (κ1) is 26.9. The number of benzene rings is 1. The van der Waals surface area contributed by atoms with Gasteiger partial charge in [0.05, 0.1) is 5.57 Å². The number of alkyl halides is 3. The Morgan fingerprint density at radius 2 is 1.83 bits per heavy atom. The zero-order valence-electron chi connectivity index (χ0n) is 18.0. The van der Waals surface area contributed by atoms with Crippen LogP contribution in [-0.4, -0.2) is 30.8 Å². The molecule has 0 saturated heterocycles. The second-order valence-electron chi connectivity index (χ2n) is 5.95. The van der Waals surface area contributed by atoms with Crippen molar-refractivity contribution in [3.63, 3.8) is 0 Å². The van der Waals surface area contributed by atoms with Crippen LogP contribution in [0.15, 0.2) is 41.5 Å². The first-order chi connectivity index (χ1) is 13.7. The minimum absolute atomic E-state index is 0.292. The molecule has 2 N–H and O–H groups in total. The molecule has 1 aliphatic rings. The second-order valence-corrected chi connectivity index (χ2v) is 5.95. The Morgan fingerprint density at radius 3 is 2.31 bits per heavy atom. The van der Waals surface area contributed by atoms with Crippen LogP contribution in [0.4, 0.5) is 18.9 Å². The zero-order valence-corrected chi connectivity index (χ0v) is 18.0. The predicted molar refractivity (Wildman–Crippen MR) is 113 cm³/mol. The standard InChI is InChI=1S/C16H17BF3NO3.C3H8.C2H6/c1-3-12(13(4-2)16(18,19)20)15(22)21-11-6-5-10-7-8-24-17(23)14(10)9-11;1-3-2;1-2/h3-6,9,23H,7-8H2,1-2H3,(H,21,22);3H2,1-2H3;1-2H3/b12-3+,13-4+;;. The molecule has 0 unspecified atom stereocenters. The summed E-state index contributed by atoms with van der Waals surface area (Å²) < 4.78 is 44.1. The van der Waals surface area contributed by atoms with E-state index in [1.54, 1.807) is 12.1 Å². The van der Waals surface area contributed by atoms with Crippen molar-refractivity contribution >= 4 is 24.2 Å². The Morgan fingerprint density at radius 1 is 1.24 bits per heavy atom. The van der Waals surface area contributed by atoms with Gasteiger partial charge < -0.3 is 15.0 Å². The molecule has 4 nitrogen and oxygen atoms in total. The second kappa shape index (κ2) is 13.2. The van der Waals surface area contributed by atoms with Crippen molar-refractivity contribution in [2.45, 2.75) is 60.6 Å². The van der Waals surface area contributed by atoms with Gasteiger partial charge in [0.1, 0.15) is 0 Å². The summed E-state index contributed by atoms with van der Waals surface area (Å²) in [4.78, 5) is 12.2. The molecule has 8 heteroatoms. The van der Waals surface area contributed by atoms with E-state index in [0.29, 0.717) is 24.2 Å². The van der Waals surface area contributed by atoms with Gasteiger partial charge in [-0.05, 0) is 43.4 Å². The monoisotopic (exact) mass is 413 g/mol. The molecule has 0 aromatic heterocycles. The van der Waals surface area contributed by atoms with Crippen LogP contribution in [0.3, 0.4) is 0 Å². The summed E-state index contributed by atoms with van der Waals surface area (Å²) in [5.41, 5.74) is 0.217. The van der Waals surface area contributed by atoms with E-state index in [9.17, 15) is 23.0 Å². The number of carbonyl (C=O) groups excluding carboxylic acids is 1. The number of carbonyl (C=O) groups is 1. The molecule has 29 heavy (non-hydrogen) atoms. The van der Waals surface area contributed by atoms with Crippen LogP contribution in [0, 0.1) is 0 Å². The number of nitrogens with one attached hydrogen (secondary N) is 1. The average Bonchev–Trinajstić information content (AvgIpc) is 2.67. The molecule has 1 aliphatic heterocycles.